The molecule has 47 heavy (non-hydrogen) atoms. The summed E-state index contributed by atoms with van der Waals surface area (Å²) in [4.78, 5) is 8.97. The molecule has 6 N–H and O–H groups in total. The maximum Gasteiger partial charge on any atom is 0.161 e. The largest absolute Gasteiger partial charge is 0.667 e. The Balaban J connectivity index is 1.31. The Bertz CT molecular complexity index is 1460. The maximum atomic E-state index is 11.2. The zero-order valence-electron chi connectivity index (χ0n) is 27.7. The number of phenols is 1. The van der Waals surface area contributed by atoms with Gasteiger partial charge in [0.2, 0.25) is 0 Å². The Morgan fingerprint density at radius 3 is 2.64 bits per heavy atom. The van der Waals surface area contributed by atoms with Gasteiger partial charge < -0.3 is 35.9 Å². The van der Waals surface area contributed by atoms with Gasteiger partial charge in [-0.2, -0.15) is 11.9 Å². The van der Waals surface area contributed by atoms with Crippen LogP contribution in [0.25, 0.3) is 0 Å². The number of pyridine rings is 1. The van der Waals surface area contributed by atoms with Gasteiger partial charge in [-0.05, 0) is 98.1 Å². The van der Waals surface area contributed by atoms with E-state index in [0.29, 0.717) is 49.6 Å². The number of aliphatic hydroxyl groups excluding tert-OH is 3. The van der Waals surface area contributed by atoms with Crippen LogP contribution in [-0.2, 0) is 11.8 Å². The predicted molar refractivity (Wildman–Crippen MR) is 184 cm³/mol. The van der Waals surface area contributed by atoms with Crippen LogP contribution in [0.1, 0.15) is 107 Å². The third-order valence-corrected chi connectivity index (χ3v) is 10.6. The number of rotatable bonds is 13. The number of nitrogens with two attached hydrogens (primary N) is 1. The van der Waals surface area contributed by atoms with Crippen molar-refractivity contribution in [3.8, 4) is 23.3 Å². The van der Waals surface area contributed by atoms with Crippen molar-refractivity contribution in [3.63, 3.8) is 0 Å². The highest BCUT2D eigenvalue weighted by atomic mass is 16.5. The third-order valence-electron chi connectivity index (χ3n) is 10.6. The van der Waals surface area contributed by atoms with Crippen LogP contribution >= 0.6 is 0 Å². The fourth-order valence-corrected chi connectivity index (χ4v) is 7.87. The Hall–Kier alpha value is -3.51. The molecule has 254 valence electrons. The van der Waals surface area contributed by atoms with Gasteiger partial charge in [0.25, 0.3) is 0 Å². The van der Waals surface area contributed by atoms with Crippen LogP contribution < -0.4 is 15.5 Å². The summed E-state index contributed by atoms with van der Waals surface area (Å²) in [5, 5.41) is 43.5. The lowest BCUT2D eigenvalue weighted by Crippen LogP contribution is -2.36. The molecule has 0 aliphatic heterocycles. The third kappa shape index (κ3) is 8.70. The number of hydrogen-bond donors (Lipinski definition) is 5. The number of hydrogen-bond acceptors (Lipinski definition) is 7. The van der Waals surface area contributed by atoms with Crippen molar-refractivity contribution in [1.82, 2.24) is 9.97 Å². The van der Waals surface area contributed by atoms with Gasteiger partial charge >= 0.3 is 0 Å². The van der Waals surface area contributed by atoms with Crippen LogP contribution in [0.3, 0.4) is 0 Å². The van der Waals surface area contributed by atoms with Crippen LogP contribution in [-0.4, -0.2) is 50.3 Å². The first-order chi connectivity index (χ1) is 22.8. The van der Waals surface area contributed by atoms with E-state index in [4.69, 9.17) is 15.5 Å². The molecule has 0 unspecified atom stereocenters. The van der Waals surface area contributed by atoms with Gasteiger partial charge in [0.05, 0.1) is 18.8 Å². The van der Waals surface area contributed by atoms with Gasteiger partial charge in [-0.1, -0.05) is 56.7 Å². The zero-order chi connectivity index (χ0) is 33.2. The quantitative estimate of drug-likeness (QED) is 0.143. The van der Waals surface area contributed by atoms with Crippen molar-refractivity contribution in [1.29, 1.82) is 0 Å². The summed E-state index contributed by atoms with van der Waals surface area (Å²) in [5.74, 6) is 7.40. The van der Waals surface area contributed by atoms with Crippen LogP contribution in [0.4, 0.5) is 5.82 Å². The summed E-state index contributed by atoms with van der Waals surface area (Å²) in [6.07, 6.45) is 12.5. The maximum absolute atomic E-state index is 11.2. The van der Waals surface area contributed by atoms with E-state index in [1.165, 1.54) is 0 Å². The summed E-state index contributed by atoms with van der Waals surface area (Å²) in [7, 11) is 0. The van der Waals surface area contributed by atoms with Crippen LogP contribution in [0.5, 0.6) is 11.5 Å². The number of nitrogen functional groups attached to an aromatic ring is 1. The van der Waals surface area contributed by atoms with Crippen molar-refractivity contribution in [2.75, 3.05) is 12.3 Å². The molecule has 1 fully saturated rings. The van der Waals surface area contributed by atoms with E-state index in [1.54, 1.807) is 18.3 Å². The first-order valence-corrected chi connectivity index (χ1v) is 17.6. The first-order valence-electron chi connectivity index (χ1n) is 17.6. The highest BCUT2D eigenvalue weighted by molar-refractivity contribution is 5.42. The standard InChI is InChI=1S/C39H52N3O5/c1-2-27-9-3-4-12-33(44)31(11-7-10-27)34(45)16-14-28-15-17-35(46)36(23-28)47-30(26-43)25-32(29-18-22-42-38(40)24-29)39(19-5-6-20-39)37-13-8-21-41-37/h8,13,15,17-18,21-24,27,30-34,43-46H,2-6,9,11-12,14,16,19-20,25-26H2,1H3,(H2,40,42)/q-1/t27-,30-,31-,32+,33-,34+/m0/s1. The minimum Gasteiger partial charge on any atom is -0.667 e. The number of aliphatic hydroxyl groups is 3. The number of phenolic OH excluding ortho intramolecular Hbond substituents is 1. The molecule has 2 aliphatic rings. The number of anilines is 1. The number of benzene rings is 1. The number of nitrogens with zero attached hydrogens (tertiary/aromatic N) is 2. The van der Waals surface area contributed by atoms with Gasteiger partial charge in [0.1, 0.15) is 11.9 Å². The van der Waals surface area contributed by atoms with Crippen LogP contribution in [0, 0.1) is 23.7 Å². The normalized spacial score (nSPS) is 23.3. The van der Waals surface area contributed by atoms with Gasteiger partial charge in [0.15, 0.2) is 11.5 Å². The summed E-state index contributed by atoms with van der Waals surface area (Å²) >= 11 is 0. The Morgan fingerprint density at radius 1 is 1.11 bits per heavy atom. The molecule has 0 amide bonds. The molecule has 6 atom stereocenters. The minimum absolute atomic E-state index is 0.00533. The molecule has 2 aliphatic carbocycles. The van der Waals surface area contributed by atoms with E-state index < -0.39 is 18.3 Å². The topological polar surface area (TPSA) is 143 Å². The molecule has 8 nitrogen and oxygen atoms in total. The second-order valence-corrected chi connectivity index (χ2v) is 13.7. The fourth-order valence-electron chi connectivity index (χ4n) is 7.87. The van der Waals surface area contributed by atoms with E-state index in [-0.39, 0.29) is 29.6 Å². The highest BCUT2D eigenvalue weighted by Gasteiger charge is 2.42. The zero-order valence-corrected chi connectivity index (χ0v) is 27.7. The van der Waals surface area contributed by atoms with Crippen LogP contribution in [0.2, 0.25) is 0 Å². The summed E-state index contributed by atoms with van der Waals surface area (Å²) in [6.45, 7) is 1.93. The highest BCUT2D eigenvalue weighted by Crippen LogP contribution is 2.52. The molecule has 5 rings (SSSR count). The Morgan fingerprint density at radius 2 is 1.91 bits per heavy atom. The monoisotopic (exact) mass is 642 g/mol. The molecule has 3 aromatic rings. The lowest BCUT2D eigenvalue weighted by Gasteiger charge is -2.43. The molecule has 0 bridgehead atoms. The smallest absolute Gasteiger partial charge is 0.161 e. The lowest BCUT2D eigenvalue weighted by molar-refractivity contribution is 0.00559. The number of aryl methyl sites for hydroxylation is 1. The lowest BCUT2D eigenvalue weighted by atomic mass is 9.66. The van der Waals surface area contributed by atoms with E-state index in [0.717, 1.165) is 68.2 Å². The summed E-state index contributed by atoms with van der Waals surface area (Å²) in [6, 6.07) is 13.2. The number of aromatic nitrogens is 2. The van der Waals surface area contributed by atoms with Gasteiger partial charge in [0, 0.05) is 24.5 Å². The Kier molecular flexibility index (Phi) is 12.3. The first kappa shape index (κ1) is 34.8. The molecule has 2 heterocycles. The molecular weight excluding hydrogens is 590 g/mol. The van der Waals surface area contributed by atoms with Crippen molar-refractivity contribution >= 4 is 5.82 Å². The fraction of sp³-hybridized carbons (Fsp3) is 0.564. The molecule has 1 saturated carbocycles. The predicted octanol–water partition coefficient (Wildman–Crippen LogP) is 6.02. The van der Waals surface area contributed by atoms with Crippen molar-refractivity contribution in [2.45, 2.75) is 120 Å². The molecular formula is C39H52N3O5-. The molecule has 0 spiro atoms. The second kappa shape index (κ2) is 16.5. The van der Waals surface area contributed by atoms with Gasteiger partial charge in [-0.25, -0.2) is 4.98 Å². The average Bonchev–Trinajstić information content (AvgIpc) is 3.80. The second-order valence-electron chi connectivity index (χ2n) is 13.7. The molecule has 0 radical (unpaired) electrons. The molecule has 0 saturated heterocycles. The van der Waals surface area contributed by atoms with Crippen LogP contribution in [0.15, 0.2) is 54.9 Å². The van der Waals surface area contributed by atoms with E-state index in [1.807, 2.05) is 30.5 Å². The van der Waals surface area contributed by atoms with Crippen molar-refractivity contribution in [3.05, 3.63) is 71.7 Å². The van der Waals surface area contributed by atoms with E-state index in [9.17, 15) is 20.4 Å². The van der Waals surface area contributed by atoms with Crippen molar-refractivity contribution in [2.24, 2.45) is 11.8 Å². The molecule has 1 aromatic carbocycles. The van der Waals surface area contributed by atoms with Gasteiger partial charge in [-0.15, -0.1) is 5.92 Å². The van der Waals surface area contributed by atoms with E-state index in [2.05, 4.69) is 29.8 Å². The minimum atomic E-state index is -0.705. The summed E-state index contributed by atoms with van der Waals surface area (Å²) in [5.41, 5.74) is 8.90. The average molecular weight is 643 g/mol. The SMILES string of the molecule is CC[C@@H]1C#CC[C@H]([C@H](O)CCc2ccc(O)c(O[C@H](CO)C[C@H](c3ccnc(N)c3)C3(c4ccc[n-]4)CCCC3)c2)[C@@H](O)CCCC1. The Labute approximate surface area is 279 Å². The molecule has 2 aromatic heterocycles. The number of ether oxygens (including phenoxy) is 1. The van der Waals surface area contributed by atoms with Crippen molar-refractivity contribution < 1.29 is 25.2 Å². The van der Waals surface area contributed by atoms with E-state index >= 15 is 0 Å². The number of aromatic hydroxyl groups is 1. The summed E-state index contributed by atoms with van der Waals surface area (Å²) < 4.78 is 6.37. The van der Waals surface area contributed by atoms with Gasteiger partial charge in [-0.3, -0.25) is 0 Å². The molecule has 8 heteroatoms.